The third-order valence-corrected chi connectivity index (χ3v) is 4.58. The number of phenols is 1. The first-order valence-electron chi connectivity index (χ1n) is 6.57. The van der Waals surface area contributed by atoms with Gasteiger partial charge < -0.3 is 10.4 Å². The maximum Gasteiger partial charge on any atom is 0.242 e. The van der Waals surface area contributed by atoms with Crippen molar-refractivity contribution in [1.29, 1.82) is 0 Å². The third kappa shape index (κ3) is 3.96. The monoisotopic (exact) mass is 306 g/mol. The number of nitrogens with one attached hydrogen (secondary N) is 2. The highest BCUT2D eigenvalue weighted by atomic mass is 32.2. The molecule has 0 heterocycles. The molecule has 2 aromatic carbocycles. The molecule has 3 N–H and O–H groups in total. The minimum absolute atomic E-state index is 0.233. The molecular formula is C15H18N2O3S. The van der Waals surface area contributed by atoms with Crippen molar-refractivity contribution in [2.75, 3.05) is 18.9 Å². The predicted octanol–water partition coefficient (Wildman–Crippen LogP) is 1.95. The first-order valence-corrected chi connectivity index (χ1v) is 8.05. The molecule has 2 rings (SSSR count). The van der Waals surface area contributed by atoms with E-state index in [1.165, 1.54) is 7.05 Å². The second-order valence-corrected chi connectivity index (χ2v) is 6.40. The molecule has 6 heteroatoms. The van der Waals surface area contributed by atoms with Crippen molar-refractivity contribution in [2.24, 2.45) is 0 Å². The van der Waals surface area contributed by atoms with Crippen LogP contribution in [0.3, 0.4) is 0 Å². The smallest absolute Gasteiger partial charge is 0.242 e. The molecule has 0 aromatic heterocycles. The maximum atomic E-state index is 11.9. The Balaban J connectivity index is 2.05. The van der Waals surface area contributed by atoms with Crippen LogP contribution in [0.2, 0.25) is 0 Å². The second kappa shape index (κ2) is 6.60. The van der Waals surface area contributed by atoms with E-state index in [1.807, 2.05) is 12.1 Å². The molecular weight excluding hydrogens is 288 g/mol. The van der Waals surface area contributed by atoms with E-state index in [2.05, 4.69) is 10.0 Å². The zero-order chi connectivity index (χ0) is 15.3. The van der Waals surface area contributed by atoms with E-state index in [1.54, 1.807) is 36.4 Å². The number of hydrogen-bond acceptors (Lipinski definition) is 4. The average molecular weight is 306 g/mol. The highest BCUT2D eigenvalue weighted by molar-refractivity contribution is 7.89. The Morgan fingerprint density at radius 3 is 2.38 bits per heavy atom. The summed E-state index contributed by atoms with van der Waals surface area (Å²) < 4.78 is 26.1. The van der Waals surface area contributed by atoms with Crippen molar-refractivity contribution >= 4 is 15.7 Å². The van der Waals surface area contributed by atoms with E-state index < -0.39 is 10.0 Å². The van der Waals surface area contributed by atoms with Crippen molar-refractivity contribution < 1.29 is 13.5 Å². The summed E-state index contributed by atoms with van der Waals surface area (Å²) in [6.45, 7) is 0.598. The molecule has 0 aliphatic carbocycles. The fourth-order valence-electron chi connectivity index (χ4n) is 1.96. The van der Waals surface area contributed by atoms with Gasteiger partial charge in [-0.2, -0.15) is 0 Å². The molecule has 2 aromatic rings. The molecule has 21 heavy (non-hydrogen) atoms. The lowest BCUT2D eigenvalue weighted by atomic mass is 10.1. The highest BCUT2D eigenvalue weighted by Crippen LogP contribution is 2.20. The van der Waals surface area contributed by atoms with Crippen molar-refractivity contribution in [3.63, 3.8) is 0 Å². The van der Waals surface area contributed by atoms with Gasteiger partial charge in [-0.25, -0.2) is 13.1 Å². The van der Waals surface area contributed by atoms with Gasteiger partial charge in [0.1, 0.15) is 10.6 Å². The summed E-state index contributed by atoms with van der Waals surface area (Å²) in [4.78, 5) is 0.234. The van der Waals surface area contributed by atoms with Gasteiger partial charge in [-0.05, 0) is 43.3 Å². The van der Waals surface area contributed by atoms with Crippen LogP contribution in [0.15, 0.2) is 53.4 Å². The normalized spacial score (nSPS) is 11.3. The van der Waals surface area contributed by atoms with Crippen LogP contribution in [-0.4, -0.2) is 27.1 Å². The fourth-order valence-corrected chi connectivity index (χ4v) is 2.87. The third-order valence-electron chi connectivity index (χ3n) is 3.11. The van der Waals surface area contributed by atoms with Crippen LogP contribution in [0.25, 0.3) is 0 Å². The summed E-state index contributed by atoms with van der Waals surface area (Å²) in [6.07, 6.45) is 0.730. The van der Waals surface area contributed by atoms with Crippen molar-refractivity contribution in [3.8, 4) is 5.75 Å². The number of hydrogen-bond donors (Lipinski definition) is 3. The zero-order valence-electron chi connectivity index (χ0n) is 11.7. The fraction of sp³-hybridized carbons (Fsp3) is 0.200. The lowest BCUT2D eigenvalue weighted by Gasteiger charge is -2.12. The van der Waals surface area contributed by atoms with E-state index in [0.29, 0.717) is 12.2 Å². The summed E-state index contributed by atoms with van der Waals surface area (Å²) in [5, 5.41) is 12.4. The Kier molecular flexibility index (Phi) is 4.82. The van der Waals surface area contributed by atoms with Crippen LogP contribution in [-0.2, 0) is 16.4 Å². The summed E-state index contributed by atoms with van der Waals surface area (Å²) in [5.74, 6) is 0.233. The van der Waals surface area contributed by atoms with Gasteiger partial charge in [-0.15, -0.1) is 0 Å². The van der Waals surface area contributed by atoms with Gasteiger partial charge in [-0.1, -0.05) is 24.3 Å². The van der Waals surface area contributed by atoms with Gasteiger partial charge in [0.2, 0.25) is 10.0 Å². The van der Waals surface area contributed by atoms with Crippen LogP contribution in [0, 0.1) is 0 Å². The molecule has 0 radical (unpaired) electrons. The van der Waals surface area contributed by atoms with E-state index in [4.69, 9.17) is 0 Å². The Morgan fingerprint density at radius 2 is 1.71 bits per heavy atom. The van der Waals surface area contributed by atoms with Crippen LogP contribution < -0.4 is 10.0 Å². The van der Waals surface area contributed by atoms with Gasteiger partial charge >= 0.3 is 0 Å². The zero-order valence-corrected chi connectivity index (χ0v) is 12.5. The Bertz CT molecular complexity index is 697. The van der Waals surface area contributed by atoms with E-state index in [9.17, 15) is 13.5 Å². The van der Waals surface area contributed by atoms with Crippen molar-refractivity contribution in [3.05, 3.63) is 54.1 Å². The maximum absolute atomic E-state index is 11.9. The summed E-state index contributed by atoms with van der Waals surface area (Å²) in [7, 11) is -2.08. The lowest BCUT2D eigenvalue weighted by molar-refractivity contribution is 0.475. The van der Waals surface area contributed by atoms with Gasteiger partial charge in [0.25, 0.3) is 0 Å². The number of para-hydroxylation sites is 1. The molecule has 0 aliphatic rings. The van der Waals surface area contributed by atoms with Crippen LogP contribution in [0.4, 0.5) is 5.69 Å². The van der Waals surface area contributed by atoms with Gasteiger partial charge in [0, 0.05) is 6.54 Å². The minimum Gasteiger partial charge on any atom is -0.508 e. The Labute approximate surface area is 124 Å². The predicted molar refractivity (Wildman–Crippen MR) is 83.0 cm³/mol. The van der Waals surface area contributed by atoms with E-state index >= 15 is 0 Å². The van der Waals surface area contributed by atoms with Crippen molar-refractivity contribution in [1.82, 2.24) is 4.72 Å². The van der Waals surface area contributed by atoms with Crippen LogP contribution in [0.5, 0.6) is 5.75 Å². The van der Waals surface area contributed by atoms with Gasteiger partial charge in [0.15, 0.2) is 0 Å². The Hall–Kier alpha value is -2.05. The topological polar surface area (TPSA) is 78.4 Å². The molecule has 5 nitrogen and oxygen atoms in total. The molecule has 0 amide bonds. The molecule has 0 saturated carbocycles. The molecule has 0 saturated heterocycles. The Morgan fingerprint density at radius 1 is 1.05 bits per heavy atom. The molecule has 112 valence electrons. The number of rotatable bonds is 6. The highest BCUT2D eigenvalue weighted by Gasteiger charge is 2.15. The number of sulfonamides is 1. The first kappa shape index (κ1) is 15.3. The SMILES string of the molecule is CNS(=O)(=O)c1ccccc1NCCc1ccc(O)cc1. The standard InChI is InChI=1S/C15H18N2O3S/c1-16-21(19,20)15-5-3-2-4-14(15)17-11-10-12-6-8-13(18)9-7-12/h2-9,16-18H,10-11H2,1H3. The summed E-state index contributed by atoms with van der Waals surface area (Å²) >= 11 is 0. The number of aromatic hydroxyl groups is 1. The van der Waals surface area contributed by atoms with Crippen LogP contribution >= 0.6 is 0 Å². The quantitative estimate of drug-likeness (QED) is 0.762. The minimum atomic E-state index is -3.48. The van der Waals surface area contributed by atoms with Crippen LogP contribution in [0.1, 0.15) is 5.56 Å². The number of benzene rings is 2. The number of anilines is 1. The van der Waals surface area contributed by atoms with Gasteiger partial charge in [-0.3, -0.25) is 0 Å². The summed E-state index contributed by atoms with van der Waals surface area (Å²) in [5.41, 5.74) is 1.64. The van der Waals surface area contributed by atoms with E-state index in [0.717, 1.165) is 12.0 Å². The molecule has 0 aliphatic heterocycles. The lowest BCUT2D eigenvalue weighted by Crippen LogP contribution is -2.20. The number of phenolic OH excluding ortho intramolecular Hbond substituents is 1. The molecule has 0 unspecified atom stereocenters. The largest absolute Gasteiger partial charge is 0.508 e. The van der Waals surface area contributed by atoms with E-state index in [-0.39, 0.29) is 10.6 Å². The van der Waals surface area contributed by atoms with Crippen molar-refractivity contribution in [2.45, 2.75) is 11.3 Å². The summed E-state index contributed by atoms with van der Waals surface area (Å²) in [6, 6.07) is 13.7. The molecule has 0 bridgehead atoms. The second-order valence-electron chi connectivity index (χ2n) is 4.55. The first-order chi connectivity index (χ1) is 10.0. The molecule has 0 fully saturated rings. The molecule has 0 spiro atoms. The average Bonchev–Trinajstić information content (AvgIpc) is 2.50. The van der Waals surface area contributed by atoms with Gasteiger partial charge in [0.05, 0.1) is 5.69 Å². The molecule has 0 atom stereocenters.